The van der Waals surface area contributed by atoms with E-state index in [0.717, 1.165) is 25.1 Å². The molecule has 362 valence electrons. The topological polar surface area (TPSA) is 58.8 Å². The zero-order valence-electron chi connectivity index (χ0n) is 41.0. The van der Waals surface area contributed by atoms with Gasteiger partial charge in [-0.1, -0.05) is 208 Å². The first-order valence-corrected chi connectivity index (χ1v) is 24.4. The van der Waals surface area contributed by atoms with Crippen LogP contribution in [-0.2, 0) is 19.4 Å². The standard InChI is InChI=1S/C21H37N.C17H29N.C12H11N.C7H8NO.3ClH/c1-4-5-6-7-8-9-10-11-15-18-21(2,3)22-19-20-16-13-12-14-17-20;1-2-3-4-5-6-7-8-9-10-11-14-17-15-12-13-16-18-17;1-2-6-11(7-3-1)10-12-8-4-5-9-13-12;1-7(9)8-5-3-2-4-6-8;;;/h12-14,16-17,22H,4-11,15,18-19H2,1-3H3;12-13,15-16H,2-11,14H2,1H3;1-9H,10H2;2-6H,1H3;3*1H/q;;;+1;;;. The molecular formula is C57H88Cl3N4O+. The van der Waals surface area contributed by atoms with Crippen molar-refractivity contribution in [2.24, 2.45) is 0 Å². The summed E-state index contributed by atoms with van der Waals surface area (Å²) in [6.07, 6.45) is 37.2. The fourth-order valence-corrected chi connectivity index (χ4v) is 7.16. The summed E-state index contributed by atoms with van der Waals surface area (Å²) in [5.41, 5.74) is 5.30. The lowest BCUT2D eigenvalue weighted by atomic mass is 9.95. The zero-order chi connectivity index (χ0) is 44.6. The van der Waals surface area contributed by atoms with Crippen LogP contribution in [0.4, 0.5) is 0 Å². The van der Waals surface area contributed by atoms with Crippen molar-refractivity contribution < 1.29 is 9.36 Å². The second-order valence-electron chi connectivity index (χ2n) is 17.3. The van der Waals surface area contributed by atoms with Crippen molar-refractivity contribution in [1.82, 2.24) is 15.3 Å². The van der Waals surface area contributed by atoms with Crippen molar-refractivity contribution in [1.29, 1.82) is 0 Å². The zero-order valence-corrected chi connectivity index (χ0v) is 43.5. The Labute approximate surface area is 416 Å². The van der Waals surface area contributed by atoms with Gasteiger partial charge >= 0.3 is 5.91 Å². The Morgan fingerprint density at radius 2 is 0.892 bits per heavy atom. The molecule has 0 aliphatic rings. The largest absolute Gasteiger partial charge is 0.389 e. The van der Waals surface area contributed by atoms with Gasteiger partial charge in [0, 0.05) is 54.4 Å². The fraction of sp³-hybridized carbons (Fsp3) is 0.509. The SMILES string of the molecule is CC(=O)[n+]1ccccc1.CCCCCCCCCCCC(C)(C)NCc1ccccc1.CCCCCCCCCCCCc1ccccn1.Cl.Cl.Cl.c1ccc(Cc2ccccn2)cc1. The molecule has 8 heteroatoms. The van der Waals surface area contributed by atoms with E-state index >= 15 is 0 Å². The van der Waals surface area contributed by atoms with E-state index in [4.69, 9.17) is 0 Å². The fourth-order valence-electron chi connectivity index (χ4n) is 7.16. The molecule has 5 rings (SSSR count). The van der Waals surface area contributed by atoms with Crippen molar-refractivity contribution in [3.05, 3.63) is 163 Å². The molecule has 0 unspecified atom stereocenters. The number of carbonyl (C=O) groups is 1. The third kappa shape index (κ3) is 37.2. The van der Waals surface area contributed by atoms with Gasteiger partial charge in [0.1, 0.15) is 0 Å². The quantitative estimate of drug-likeness (QED) is 0.0443. The minimum Gasteiger partial charge on any atom is -0.308 e. The highest BCUT2D eigenvalue weighted by atomic mass is 35.5. The maximum atomic E-state index is 10.6. The first-order chi connectivity index (χ1) is 30.3. The van der Waals surface area contributed by atoms with Gasteiger partial charge in [-0.15, -0.1) is 41.8 Å². The van der Waals surface area contributed by atoms with E-state index in [9.17, 15) is 4.79 Å². The van der Waals surface area contributed by atoms with E-state index in [1.165, 1.54) is 157 Å². The predicted molar refractivity (Wildman–Crippen MR) is 287 cm³/mol. The van der Waals surface area contributed by atoms with Crippen LogP contribution in [0.5, 0.6) is 0 Å². The maximum Gasteiger partial charge on any atom is 0.389 e. The van der Waals surface area contributed by atoms with Gasteiger partial charge in [-0.25, -0.2) is 4.79 Å². The highest BCUT2D eigenvalue weighted by molar-refractivity contribution is 5.86. The van der Waals surface area contributed by atoms with Crippen molar-refractivity contribution in [3.63, 3.8) is 0 Å². The summed E-state index contributed by atoms with van der Waals surface area (Å²) in [5, 5.41) is 3.70. The molecule has 0 bridgehead atoms. The van der Waals surface area contributed by atoms with Gasteiger partial charge in [0.15, 0.2) is 12.4 Å². The lowest BCUT2D eigenvalue weighted by Crippen LogP contribution is -2.38. The number of aromatic nitrogens is 3. The maximum absolute atomic E-state index is 10.6. The minimum absolute atomic E-state index is 0. The van der Waals surface area contributed by atoms with E-state index in [1.807, 2.05) is 60.9 Å². The van der Waals surface area contributed by atoms with Crippen LogP contribution in [0, 0.1) is 0 Å². The van der Waals surface area contributed by atoms with Crippen molar-refractivity contribution >= 4 is 43.1 Å². The summed E-state index contributed by atoms with van der Waals surface area (Å²) in [6.45, 7) is 11.7. The summed E-state index contributed by atoms with van der Waals surface area (Å²) in [7, 11) is 0. The lowest BCUT2D eigenvalue weighted by Gasteiger charge is -2.26. The minimum atomic E-state index is 0. The smallest absolute Gasteiger partial charge is 0.308 e. The molecule has 0 amide bonds. The Kier molecular flexibility index (Phi) is 43.2. The molecule has 5 nitrogen and oxygen atoms in total. The molecule has 0 saturated heterocycles. The van der Waals surface area contributed by atoms with Crippen LogP contribution in [0.1, 0.15) is 190 Å². The molecule has 0 aliphatic heterocycles. The highest BCUT2D eigenvalue weighted by Gasteiger charge is 2.16. The normalized spacial score (nSPS) is 10.2. The molecule has 2 aromatic carbocycles. The van der Waals surface area contributed by atoms with Crippen LogP contribution < -0.4 is 9.88 Å². The third-order valence-corrected chi connectivity index (χ3v) is 11.1. The van der Waals surface area contributed by atoms with Crippen molar-refractivity contribution in [3.8, 4) is 0 Å². The summed E-state index contributed by atoms with van der Waals surface area (Å²) in [6, 6.07) is 38.8. The van der Waals surface area contributed by atoms with Crippen molar-refractivity contribution in [2.75, 3.05) is 0 Å². The van der Waals surface area contributed by atoms with Gasteiger partial charge in [-0.05, 0) is 68.5 Å². The molecule has 0 fully saturated rings. The average molecular weight is 952 g/mol. The first-order valence-electron chi connectivity index (χ1n) is 24.4. The van der Waals surface area contributed by atoms with E-state index in [0.29, 0.717) is 0 Å². The predicted octanol–water partition coefficient (Wildman–Crippen LogP) is 16.6. The number of halogens is 3. The molecular weight excluding hydrogens is 863 g/mol. The number of carbonyl (C=O) groups excluding carboxylic acids is 1. The summed E-state index contributed by atoms with van der Waals surface area (Å²) >= 11 is 0. The number of hydrogen-bond donors (Lipinski definition) is 1. The number of pyridine rings is 3. The Morgan fingerprint density at radius 1 is 0.492 bits per heavy atom. The number of nitrogens with one attached hydrogen (secondary N) is 1. The van der Waals surface area contributed by atoms with Gasteiger partial charge < -0.3 is 5.32 Å². The molecule has 0 aliphatic carbocycles. The molecule has 5 aromatic rings. The number of rotatable bonds is 26. The average Bonchev–Trinajstić information content (AvgIpc) is 3.31. The monoisotopic (exact) mass is 950 g/mol. The second-order valence-corrected chi connectivity index (χ2v) is 17.3. The lowest BCUT2D eigenvalue weighted by molar-refractivity contribution is -0.572. The van der Waals surface area contributed by atoms with E-state index in [2.05, 4.69) is 110 Å². The number of nitrogens with zero attached hydrogens (tertiary/aromatic N) is 3. The van der Waals surface area contributed by atoms with E-state index in [1.54, 1.807) is 12.4 Å². The van der Waals surface area contributed by atoms with Gasteiger partial charge in [0.25, 0.3) is 0 Å². The van der Waals surface area contributed by atoms with Crippen LogP contribution >= 0.6 is 37.2 Å². The summed E-state index contributed by atoms with van der Waals surface area (Å²) in [4.78, 5) is 19.2. The Hall–Kier alpha value is -3.61. The summed E-state index contributed by atoms with van der Waals surface area (Å²) in [5.74, 6) is 0.0376. The van der Waals surface area contributed by atoms with Crippen LogP contribution in [0.25, 0.3) is 0 Å². The van der Waals surface area contributed by atoms with Crippen molar-refractivity contribution in [2.45, 2.75) is 188 Å². The number of hydrogen-bond acceptors (Lipinski definition) is 4. The highest BCUT2D eigenvalue weighted by Crippen LogP contribution is 2.17. The Bertz CT molecular complexity index is 1680. The van der Waals surface area contributed by atoms with Gasteiger partial charge in [0.2, 0.25) is 0 Å². The second kappa shape index (κ2) is 44.2. The molecule has 0 radical (unpaired) electrons. The van der Waals surface area contributed by atoms with E-state index in [-0.39, 0.29) is 48.7 Å². The van der Waals surface area contributed by atoms with Gasteiger partial charge in [0.05, 0.1) is 6.92 Å². The Balaban J connectivity index is 0. The van der Waals surface area contributed by atoms with Crippen LogP contribution in [0.2, 0.25) is 0 Å². The first kappa shape index (κ1) is 63.5. The number of benzene rings is 2. The Morgan fingerprint density at radius 3 is 1.32 bits per heavy atom. The van der Waals surface area contributed by atoms with E-state index < -0.39 is 0 Å². The summed E-state index contributed by atoms with van der Waals surface area (Å²) < 4.78 is 1.53. The number of aryl methyl sites for hydroxylation is 1. The third-order valence-electron chi connectivity index (χ3n) is 11.1. The molecule has 65 heavy (non-hydrogen) atoms. The van der Waals surface area contributed by atoms with Gasteiger partial charge in [-0.2, -0.15) is 0 Å². The molecule has 3 aromatic heterocycles. The molecule has 0 saturated carbocycles. The molecule has 0 spiro atoms. The molecule has 1 N–H and O–H groups in total. The van der Waals surface area contributed by atoms with Crippen LogP contribution in [0.3, 0.4) is 0 Å². The van der Waals surface area contributed by atoms with Gasteiger partial charge in [-0.3, -0.25) is 9.97 Å². The van der Waals surface area contributed by atoms with Crippen LogP contribution in [0.15, 0.2) is 140 Å². The number of unbranched alkanes of at least 4 members (excludes halogenated alkanes) is 17. The molecule has 3 heterocycles. The van der Waals surface area contributed by atoms with Crippen LogP contribution in [-0.4, -0.2) is 21.4 Å². The molecule has 0 atom stereocenters.